The summed E-state index contributed by atoms with van der Waals surface area (Å²) in [5, 5.41) is 4.61. The predicted octanol–water partition coefficient (Wildman–Crippen LogP) is 3.24. The summed E-state index contributed by atoms with van der Waals surface area (Å²) < 4.78 is 5.86. The van der Waals surface area contributed by atoms with Gasteiger partial charge in [0.2, 0.25) is 0 Å². The molecule has 0 bridgehead atoms. The third kappa shape index (κ3) is 4.58. The molecule has 0 aliphatic carbocycles. The predicted molar refractivity (Wildman–Crippen MR) is 93.3 cm³/mol. The molecule has 1 fully saturated rings. The van der Waals surface area contributed by atoms with Crippen LogP contribution in [0.15, 0.2) is 42.7 Å². The van der Waals surface area contributed by atoms with E-state index in [-0.39, 0.29) is 0 Å². The second-order valence-corrected chi connectivity index (χ2v) is 6.39. The van der Waals surface area contributed by atoms with Crippen molar-refractivity contribution in [2.75, 3.05) is 26.2 Å². The molecule has 1 saturated heterocycles. The van der Waals surface area contributed by atoms with Crippen LogP contribution in [0.25, 0.3) is 0 Å². The number of benzene rings is 1. The number of halogens is 2. The molecule has 122 valence electrons. The fourth-order valence-corrected chi connectivity index (χ4v) is 2.99. The molecule has 0 amide bonds. The van der Waals surface area contributed by atoms with Gasteiger partial charge in [-0.3, -0.25) is 9.88 Å². The van der Waals surface area contributed by atoms with E-state index in [1.54, 1.807) is 12.4 Å². The van der Waals surface area contributed by atoms with Crippen LogP contribution in [0.4, 0.5) is 0 Å². The van der Waals surface area contributed by atoms with Gasteiger partial charge in [-0.15, -0.1) is 0 Å². The van der Waals surface area contributed by atoms with Crippen LogP contribution in [-0.4, -0.2) is 42.2 Å². The molecule has 1 aliphatic heterocycles. The van der Waals surface area contributed by atoms with Crippen molar-refractivity contribution in [2.24, 2.45) is 0 Å². The van der Waals surface area contributed by atoms with Crippen molar-refractivity contribution in [1.82, 2.24) is 15.2 Å². The molecule has 1 atom stereocenters. The minimum absolute atomic E-state index is 0.304. The van der Waals surface area contributed by atoms with Gasteiger partial charge in [-0.2, -0.15) is 0 Å². The monoisotopic (exact) mass is 351 g/mol. The van der Waals surface area contributed by atoms with Crippen molar-refractivity contribution >= 4 is 23.2 Å². The van der Waals surface area contributed by atoms with Gasteiger partial charge < -0.3 is 10.1 Å². The maximum atomic E-state index is 6.11. The Morgan fingerprint density at radius 3 is 2.96 bits per heavy atom. The van der Waals surface area contributed by atoms with Gasteiger partial charge in [0.25, 0.3) is 0 Å². The van der Waals surface area contributed by atoms with E-state index in [1.165, 1.54) is 0 Å². The van der Waals surface area contributed by atoms with E-state index in [0.29, 0.717) is 22.7 Å². The van der Waals surface area contributed by atoms with Gasteiger partial charge in [0.15, 0.2) is 0 Å². The lowest BCUT2D eigenvalue weighted by Gasteiger charge is -2.36. The van der Waals surface area contributed by atoms with Crippen LogP contribution < -0.4 is 10.1 Å². The van der Waals surface area contributed by atoms with Crippen molar-refractivity contribution in [3.05, 3.63) is 58.3 Å². The van der Waals surface area contributed by atoms with E-state index in [0.717, 1.165) is 37.5 Å². The number of aromatic nitrogens is 1. The molecule has 4 nitrogen and oxygen atoms in total. The average Bonchev–Trinajstić information content (AvgIpc) is 2.58. The van der Waals surface area contributed by atoms with Crippen molar-refractivity contribution in [1.29, 1.82) is 0 Å². The van der Waals surface area contributed by atoms with Crippen LogP contribution in [0.5, 0.6) is 5.75 Å². The summed E-state index contributed by atoms with van der Waals surface area (Å²) in [6, 6.07) is 9.91. The van der Waals surface area contributed by atoms with E-state index in [9.17, 15) is 0 Å². The molecule has 1 unspecified atom stereocenters. The summed E-state index contributed by atoms with van der Waals surface area (Å²) in [6.45, 7) is 4.31. The Morgan fingerprint density at radius 1 is 1.26 bits per heavy atom. The highest BCUT2D eigenvalue weighted by Crippen LogP contribution is 2.24. The molecule has 0 spiro atoms. The molecule has 2 heterocycles. The molecule has 0 radical (unpaired) electrons. The minimum atomic E-state index is 0.304. The Labute approximate surface area is 146 Å². The Bertz CT molecular complexity index is 639. The van der Waals surface area contributed by atoms with E-state index in [1.807, 2.05) is 30.3 Å². The summed E-state index contributed by atoms with van der Waals surface area (Å²) in [7, 11) is 0. The van der Waals surface area contributed by atoms with Gasteiger partial charge in [-0.1, -0.05) is 29.3 Å². The molecule has 3 rings (SSSR count). The molecule has 0 saturated carbocycles. The summed E-state index contributed by atoms with van der Waals surface area (Å²) in [4.78, 5) is 6.48. The van der Waals surface area contributed by atoms with Gasteiger partial charge in [0.1, 0.15) is 12.4 Å². The lowest BCUT2D eigenvalue weighted by Crippen LogP contribution is -2.53. The molecule has 1 N–H and O–H groups in total. The second-order valence-electron chi connectivity index (χ2n) is 5.58. The number of piperazine rings is 1. The van der Waals surface area contributed by atoms with Gasteiger partial charge in [0, 0.05) is 32.4 Å². The number of hydrogen-bond donors (Lipinski definition) is 1. The maximum absolute atomic E-state index is 6.11. The van der Waals surface area contributed by atoms with Gasteiger partial charge >= 0.3 is 0 Å². The molecular formula is C17H19Cl2N3O. The Kier molecular flexibility index (Phi) is 5.73. The molecule has 23 heavy (non-hydrogen) atoms. The van der Waals surface area contributed by atoms with E-state index >= 15 is 0 Å². The van der Waals surface area contributed by atoms with Crippen LogP contribution in [0, 0.1) is 0 Å². The van der Waals surface area contributed by atoms with Gasteiger partial charge in [0.05, 0.1) is 22.3 Å². The molecular weight excluding hydrogens is 333 g/mol. The topological polar surface area (TPSA) is 37.4 Å². The first-order valence-corrected chi connectivity index (χ1v) is 8.39. The lowest BCUT2D eigenvalue weighted by molar-refractivity contribution is 0.104. The largest absolute Gasteiger partial charge is 0.490 e. The highest BCUT2D eigenvalue weighted by molar-refractivity contribution is 6.42. The lowest BCUT2D eigenvalue weighted by atomic mass is 10.1. The first-order valence-electron chi connectivity index (χ1n) is 7.64. The first-order chi connectivity index (χ1) is 11.2. The number of ether oxygens (including phenoxy) is 1. The summed E-state index contributed by atoms with van der Waals surface area (Å²) in [5.74, 6) is 0.799. The minimum Gasteiger partial charge on any atom is -0.490 e. The van der Waals surface area contributed by atoms with Crippen LogP contribution >= 0.6 is 23.2 Å². The smallest absolute Gasteiger partial charge is 0.137 e. The number of rotatable bonds is 5. The fraction of sp³-hybridized carbons (Fsp3) is 0.353. The van der Waals surface area contributed by atoms with E-state index in [4.69, 9.17) is 27.9 Å². The van der Waals surface area contributed by atoms with Gasteiger partial charge in [-0.25, -0.2) is 0 Å². The quantitative estimate of drug-likeness (QED) is 0.897. The highest BCUT2D eigenvalue weighted by atomic mass is 35.5. The van der Waals surface area contributed by atoms with Crippen molar-refractivity contribution in [2.45, 2.75) is 12.6 Å². The second kappa shape index (κ2) is 7.97. The van der Waals surface area contributed by atoms with Crippen LogP contribution in [-0.2, 0) is 6.54 Å². The van der Waals surface area contributed by atoms with Crippen molar-refractivity contribution in [3.63, 3.8) is 0 Å². The zero-order valence-corrected chi connectivity index (χ0v) is 14.2. The van der Waals surface area contributed by atoms with E-state index in [2.05, 4.69) is 15.2 Å². The summed E-state index contributed by atoms with van der Waals surface area (Å²) in [5.41, 5.74) is 1.16. The van der Waals surface area contributed by atoms with Crippen LogP contribution in [0.3, 0.4) is 0 Å². The SMILES string of the molecule is Clc1ccc(CN2CCNCC2COc2cccnc2)cc1Cl. The number of nitrogens with one attached hydrogen (secondary N) is 1. The van der Waals surface area contributed by atoms with Gasteiger partial charge in [-0.05, 0) is 29.8 Å². The standard InChI is InChI=1S/C17H19Cl2N3O/c18-16-4-3-13(8-17(16)19)11-22-7-6-21-9-14(22)12-23-15-2-1-5-20-10-15/h1-5,8,10,14,21H,6-7,9,11-12H2. The number of pyridine rings is 1. The fourth-order valence-electron chi connectivity index (χ4n) is 2.67. The number of nitrogens with zero attached hydrogens (tertiary/aromatic N) is 2. The molecule has 1 aromatic heterocycles. The normalized spacial score (nSPS) is 18.8. The molecule has 1 aliphatic rings. The molecule has 1 aromatic carbocycles. The average molecular weight is 352 g/mol. The van der Waals surface area contributed by atoms with Crippen molar-refractivity contribution in [3.8, 4) is 5.75 Å². The molecule has 6 heteroatoms. The molecule has 2 aromatic rings. The first kappa shape index (κ1) is 16.5. The Balaban J connectivity index is 1.62. The Morgan fingerprint density at radius 2 is 2.17 bits per heavy atom. The summed E-state index contributed by atoms with van der Waals surface area (Å²) in [6.07, 6.45) is 3.48. The highest BCUT2D eigenvalue weighted by Gasteiger charge is 2.23. The maximum Gasteiger partial charge on any atom is 0.137 e. The Hall–Kier alpha value is -1.33. The number of hydrogen-bond acceptors (Lipinski definition) is 4. The third-order valence-corrected chi connectivity index (χ3v) is 4.66. The van der Waals surface area contributed by atoms with Crippen LogP contribution in [0.1, 0.15) is 5.56 Å². The third-order valence-electron chi connectivity index (χ3n) is 3.92. The summed E-state index contributed by atoms with van der Waals surface area (Å²) >= 11 is 12.1. The van der Waals surface area contributed by atoms with Crippen molar-refractivity contribution < 1.29 is 4.74 Å². The van der Waals surface area contributed by atoms with E-state index < -0.39 is 0 Å². The zero-order valence-electron chi connectivity index (χ0n) is 12.7. The zero-order chi connectivity index (χ0) is 16.1. The van der Waals surface area contributed by atoms with Crippen LogP contribution in [0.2, 0.25) is 10.0 Å².